The van der Waals surface area contributed by atoms with E-state index in [1.165, 1.54) is 42.4 Å². The fraction of sp³-hybridized carbons (Fsp3) is 0.424. The number of aromatic nitrogens is 1. The van der Waals surface area contributed by atoms with E-state index in [9.17, 15) is 9.59 Å². The number of anilines is 1. The molecular formula is C33H43N5O3. The summed E-state index contributed by atoms with van der Waals surface area (Å²) >= 11 is 0. The monoisotopic (exact) mass is 557 g/mol. The number of pyridine rings is 1. The molecule has 2 amide bonds. The molecule has 0 unspecified atom stereocenters. The Hall–Kier alpha value is -3.75. The number of nitrogens with two attached hydrogens (primary N) is 2. The van der Waals surface area contributed by atoms with E-state index in [4.69, 9.17) is 16.2 Å². The van der Waals surface area contributed by atoms with Crippen LogP contribution in [0.25, 0.3) is 11.1 Å². The van der Waals surface area contributed by atoms with Crippen LogP contribution in [0, 0.1) is 20.8 Å². The van der Waals surface area contributed by atoms with Crippen LogP contribution in [-0.4, -0.2) is 65.9 Å². The number of aryl methyl sites for hydroxylation is 3. The minimum absolute atomic E-state index is 0.0513. The van der Waals surface area contributed by atoms with Gasteiger partial charge in [-0.2, -0.15) is 0 Å². The second-order valence-electron chi connectivity index (χ2n) is 11.3. The molecule has 2 fully saturated rings. The molecule has 0 spiro atoms. The number of hydrogen-bond donors (Lipinski definition) is 2. The van der Waals surface area contributed by atoms with Gasteiger partial charge in [-0.1, -0.05) is 43.2 Å². The topological polar surface area (TPSA) is 115 Å². The summed E-state index contributed by atoms with van der Waals surface area (Å²) in [4.78, 5) is 32.4. The van der Waals surface area contributed by atoms with Crippen molar-refractivity contribution in [3.8, 4) is 11.1 Å². The zero-order chi connectivity index (χ0) is 29.5. The van der Waals surface area contributed by atoms with E-state index in [0.717, 1.165) is 49.5 Å². The number of likely N-dealkylation sites (N-methyl/N-ethyl adjacent to an activating group) is 1. The van der Waals surface area contributed by atoms with E-state index in [1.807, 2.05) is 30.0 Å². The number of benzene rings is 2. The first-order chi connectivity index (χ1) is 19.6. The van der Waals surface area contributed by atoms with Gasteiger partial charge in [-0.25, -0.2) is 4.98 Å². The van der Waals surface area contributed by atoms with Crippen LogP contribution < -0.4 is 11.5 Å². The predicted molar refractivity (Wildman–Crippen MR) is 164 cm³/mol. The van der Waals surface area contributed by atoms with Crippen molar-refractivity contribution >= 4 is 17.6 Å². The molecule has 2 aliphatic rings. The first-order valence-corrected chi connectivity index (χ1v) is 14.4. The van der Waals surface area contributed by atoms with E-state index in [1.54, 1.807) is 12.3 Å². The van der Waals surface area contributed by atoms with E-state index < -0.39 is 5.91 Å². The Morgan fingerprint density at radius 2 is 1.59 bits per heavy atom. The molecule has 1 aromatic heterocycles. The molecule has 218 valence electrons. The summed E-state index contributed by atoms with van der Waals surface area (Å²) in [7, 11) is 2.06. The molecular weight excluding hydrogens is 514 g/mol. The molecule has 1 saturated heterocycles. The van der Waals surface area contributed by atoms with Crippen molar-refractivity contribution in [3.05, 3.63) is 82.0 Å². The number of nitrogen functional groups attached to an aromatic ring is 1. The van der Waals surface area contributed by atoms with Gasteiger partial charge in [0.2, 0.25) is 0 Å². The van der Waals surface area contributed by atoms with Crippen molar-refractivity contribution in [1.29, 1.82) is 0 Å². The van der Waals surface area contributed by atoms with Gasteiger partial charge in [0.05, 0.1) is 18.3 Å². The summed E-state index contributed by atoms with van der Waals surface area (Å²) in [5.41, 5.74) is 18.4. The van der Waals surface area contributed by atoms with Crippen molar-refractivity contribution in [2.45, 2.75) is 59.2 Å². The number of rotatable bonds is 6. The average Bonchev–Trinajstić information content (AvgIpc) is 3.48. The largest absolute Gasteiger partial charge is 0.383 e. The summed E-state index contributed by atoms with van der Waals surface area (Å²) < 4.78 is 5.88. The zero-order valence-corrected chi connectivity index (χ0v) is 24.8. The molecule has 0 bridgehead atoms. The number of piperazine rings is 1. The number of hydrogen-bond acceptors (Lipinski definition) is 6. The van der Waals surface area contributed by atoms with Crippen molar-refractivity contribution in [1.82, 2.24) is 14.8 Å². The minimum Gasteiger partial charge on any atom is -0.383 e. The summed E-state index contributed by atoms with van der Waals surface area (Å²) in [5.74, 6) is -0.453. The van der Waals surface area contributed by atoms with Gasteiger partial charge in [0.15, 0.2) is 0 Å². The Bertz CT molecular complexity index is 1380. The molecule has 5 rings (SSSR count). The fourth-order valence-corrected chi connectivity index (χ4v) is 5.26. The predicted octanol–water partition coefficient (Wildman–Crippen LogP) is 4.89. The molecule has 4 N–H and O–H groups in total. The van der Waals surface area contributed by atoms with Gasteiger partial charge >= 0.3 is 0 Å². The van der Waals surface area contributed by atoms with Gasteiger partial charge in [0.25, 0.3) is 11.8 Å². The molecule has 8 heteroatoms. The highest BCUT2D eigenvalue weighted by atomic mass is 16.5. The van der Waals surface area contributed by atoms with Gasteiger partial charge in [0.1, 0.15) is 5.82 Å². The Kier molecular flexibility index (Phi) is 10.1. The Labute approximate surface area is 243 Å². The molecule has 0 atom stereocenters. The molecule has 1 saturated carbocycles. The molecule has 1 aliphatic carbocycles. The van der Waals surface area contributed by atoms with Crippen LogP contribution in [-0.2, 0) is 11.3 Å². The smallest absolute Gasteiger partial charge is 0.254 e. The lowest BCUT2D eigenvalue weighted by Crippen LogP contribution is -2.47. The van der Waals surface area contributed by atoms with Gasteiger partial charge in [-0.05, 0) is 80.6 Å². The fourth-order valence-electron chi connectivity index (χ4n) is 5.26. The quantitative estimate of drug-likeness (QED) is 0.446. The van der Waals surface area contributed by atoms with E-state index >= 15 is 0 Å². The van der Waals surface area contributed by atoms with Crippen LogP contribution in [0.15, 0.2) is 48.7 Å². The van der Waals surface area contributed by atoms with E-state index in [-0.39, 0.29) is 17.3 Å². The molecule has 2 heterocycles. The van der Waals surface area contributed by atoms with Crippen LogP contribution in [0.5, 0.6) is 0 Å². The van der Waals surface area contributed by atoms with Gasteiger partial charge < -0.3 is 26.0 Å². The number of nitrogens with zero attached hydrogens (tertiary/aromatic N) is 3. The number of primary amides is 1. The maximum absolute atomic E-state index is 12.8. The van der Waals surface area contributed by atoms with Crippen LogP contribution in [0.3, 0.4) is 0 Å². The second-order valence-corrected chi connectivity index (χ2v) is 11.3. The first kappa shape index (κ1) is 30.2. The van der Waals surface area contributed by atoms with Crippen molar-refractivity contribution in [3.63, 3.8) is 0 Å². The van der Waals surface area contributed by atoms with E-state index in [2.05, 4.69) is 49.0 Å². The summed E-state index contributed by atoms with van der Waals surface area (Å²) in [5, 5.41) is 0. The van der Waals surface area contributed by atoms with E-state index in [0.29, 0.717) is 11.7 Å². The standard InChI is InChI=1S/C19H23N5O2.C14H20O/c1-12-9-13(14-10-16(18(21)25)17(20)22-11-14)3-4-15(12)19(26)24-7-5-23(2)6-8-24;1-11-7-8-13(9-12(11)2)10-15-14-5-3-4-6-14/h3-4,9-11H,5-8H2,1-2H3,(H2,20,22)(H2,21,25);7-9,14H,3-6,10H2,1-2H3. The number of carbonyl (C=O) groups is 2. The third kappa shape index (κ3) is 7.93. The highest BCUT2D eigenvalue weighted by Crippen LogP contribution is 2.25. The lowest BCUT2D eigenvalue weighted by molar-refractivity contribution is 0.0456. The summed E-state index contributed by atoms with van der Waals surface area (Å²) in [6, 6.07) is 13.8. The van der Waals surface area contributed by atoms with Crippen LogP contribution >= 0.6 is 0 Å². The Morgan fingerprint density at radius 3 is 2.22 bits per heavy atom. The van der Waals surface area contributed by atoms with Gasteiger partial charge in [-0.15, -0.1) is 0 Å². The molecule has 8 nitrogen and oxygen atoms in total. The van der Waals surface area contributed by atoms with Gasteiger partial charge in [-0.3, -0.25) is 9.59 Å². The normalized spacial score (nSPS) is 15.9. The zero-order valence-electron chi connectivity index (χ0n) is 24.8. The number of amides is 2. The highest BCUT2D eigenvalue weighted by molar-refractivity contribution is 5.99. The second kappa shape index (κ2) is 13.7. The van der Waals surface area contributed by atoms with Crippen molar-refractivity contribution in [2.24, 2.45) is 5.73 Å². The molecule has 3 aromatic rings. The molecule has 1 aliphatic heterocycles. The number of ether oxygens (including phenoxy) is 1. The summed E-state index contributed by atoms with van der Waals surface area (Å²) in [6.45, 7) is 10.2. The van der Waals surface area contributed by atoms with Gasteiger partial charge in [0, 0.05) is 43.5 Å². The Morgan fingerprint density at radius 1 is 0.878 bits per heavy atom. The first-order valence-electron chi connectivity index (χ1n) is 14.4. The minimum atomic E-state index is -0.615. The third-order valence-electron chi connectivity index (χ3n) is 8.12. The van der Waals surface area contributed by atoms with Crippen LogP contribution in [0.2, 0.25) is 0 Å². The molecule has 0 radical (unpaired) electrons. The molecule has 41 heavy (non-hydrogen) atoms. The van der Waals surface area contributed by atoms with Crippen LogP contribution in [0.4, 0.5) is 5.82 Å². The third-order valence-corrected chi connectivity index (χ3v) is 8.12. The van der Waals surface area contributed by atoms with Crippen LogP contribution in [0.1, 0.15) is 68.7 Å². The Balaban J connectivity index is 0.000000218. The lowest BCUT2D eigenvalue weighted by atomic mass is 9.99. The summed E-state index contributed by atoms with van der Waals surface area (Å²) in [6.07, 6.45) is 7.32. The van der Waals surface area contributed by atoms with Crippen molar-refractivity contribution in [2.75, 3.05) is 39.0 Å². The maximum atomic E-state index is 12.8. The molecule has 2 aromatic carbocycles. The SMILES string of the molecule is Cc1cc(-c2cnc(N)c(C(N)=O)c2)ccc1C(=O)N1CCN(C)CC1.Cc1ccc(COC2CCCC2)cc1C. The highest BCUT2D eigenvalue weighted by Gasteiger charge is 2.22. The number of carbonyl (C=O) groups excluding carboxylic acids is 2. The average molecular weight is 558 g/mol. The van der Waals surface area contributed by atoms with Crippen molar-refractivity contribution < 1.29 is 14.3 Å². The maximum Gasteiger partial charge on any atom is 0.254 e. The lowest BCUT2D eigenvalue weighted by Gasteiger charge is -2.32.